The molecule has 2 rings (SSSR count). The highest BCUT2D eigenvalue weighted by Crippen LogP contribution is 2.37. The molecule has 0 aromatic carbocycles. The van der Waals surface area contributed by atoms with Gasteiger partial charge >= 0.3 is 0 Å². The first kappa shape index (κ1) is 17.3. The minimum atomic E-state index is 1.10. The summed E-state index contributed by atoms with van der Waals surface area (Å²) >= 11 is 0. The molecule has 0 N–H and O–H groups in total. The maximum Gasteiger partial charge on any atom is -0.0136 e. The first-order valence-electron chi connectivity index (χ1n) is 9.50. The molecule has 0 unspecified atom stereocenters. The standard InChI is InChI=1S/C22H34/c1-3-13-19-15-9-5-7-11-17-21(19)22-18-12-8-6-10-16-20(22)14-4-2/h3-4H,1-2,5-18H2/b21-19+,22-20+. The minimum Gasteiger partial charge on any atom is -0.103 e. The summed E-state index contributed by atoms with van der Waals surface area (Å²) in [6.07, 6.45) is 22.8. The lowest BCUT2D eigenvalue weighted by Crippen LogP contribution is -2.05. The van der Waals surface area contributed by atoms with Gasteiger partial charge in [0.25, 0.3) is 0 Å². The van der Waals surface area contributed by atoms with Crippen LogP contribution in [-0.2, 0) is 0 Å². The van der Waals surface area contributed by atoms with Gasteiger partial charge in [-0.3, -0.25) is 0 Å². The van der Waals surface area contributed by atoms with Crippen molar-refractivity contribution >= 4 is 0 Å². The monoisotopic (exact) mass is 298 g/mol. The average Bonchev–Trinajstić information content (AvgIpc) is 2.47. The molecule has 0 aromatic rings. The van der Waals surface area contributed by atoms with Crippen LogP contribution in [0.25, 0.3) is 0 Å². The molecule has 2 aliphatic rings. The van der Waals surface area contributed by atoms with E-state index in [2.05, 4.69) is 25.3 Å². The van der Waals surface area contributed by atoms with Gasteiger partial charge in [0, 0.05) is 0 Å². The van der Waals surface area contributed by atoms with Gasteiger partial charge in [0.2, 0.25) is 0 Å². The normalized spacial score (nSPS) is 28.2. The van der Waals surface area contributed by atoms with Crippen LogP contribution in [0.5, 0.6) is 0 Å². The quantitative estimate of drug-likeness (QED) is 0.463. The Kier molecular flexibility index (Phi) is 7.77. The molecule has 0 atom stereocenters. The molecule has 0 aromatic heterocycles. The molecular formula is C22H34. The summed E-state index contributed by atoms with van der Waals surface area (Å²) in [6.45, 7) is 8.02. The van der Waals surface area contributed by atoms with Crippen LogP contribution < -0.4 is 0 Å². The predicted molar refractivity (Wildman–Crippen MR) is 99.1 cm³/mol. The zero-order valence-corrected chi connectivity index (χ0v) is 14.5. The molecule has 122 valence electrons. The van der Waals surface area contributed by atoms with E-state index in [-0.39, 0.29) is 0 Å². The largest absolute Gasteiger partial charge is 0.103 e. The maximum atomic E-state index is 4.01. The smallest absolute Gasteiger partial charge is 0.0136 e. The van der Waals surface area contributed by atoms with Crippen LogP contribution in [0, 0.1) is 0 Å². The van der Waals surface area contributed by atoms with Crippen molar-refractivity contribution in [3.05, 3.63) is 47.6 Å². The Labute approximate surface area is 138 Å². The van der Waals surface area contributed by atoms with Crippen LogP contribution in [0.3, 0.4) is 0 Å². The second kappa shape index (κ2) is 9.87. The fourth-order valence-corrected chi connectivity index (χ4v) is 4.17. The summed E-state index contributed by atoms with van der Waals surface area (Å²) in [5, 5.41) is 0. The Hall–Kier alpha value is -1.04. The summed E-state index contributed by atoms with van der Waals surface area (Å²) in [5.74, 6) is 0. The Bertz CT molecular complexity index is 391. The zero-order valence-electron chi connectivity index (χ0n) is 14.5. The van der Waals surface area contributed by atoms with Crippen molar-refractivity contribution in [2.45, 2.75) is 89.9 Å². The van der Waals surface area contributed by atoms with E-state index in [1.54, 1.807) is 22.3 Å². The van der Waals surface area contributed by atoms with Crippen molar-refractivity contribution in [1.29, 1.82) is 0 Å². The predicted octanol–water partition coefficient (Wildman–Crippen LogP) is 7.44. The molecule has 0 bridgehead atoms. The molecule has 0 fully saturated rings. The van der Waals surface area contributed by atoms with Gasteiger partial charge < -0.3 is 0 Å². The van der Waals surface area contributed by atoms with E-state index in [0.717, 1.165) is 12.8 Å². The second-order valence-electron chi connectivity index (χ2n) is 6.98. The van der Waals surface area contributed by atoms with E-state index < -0.39 is 0 Å². The number of rotatable bonds is 5. The second-order valence-corrected chi connectivity index (χ2v) is 6.98. The summed E-state index contributed by atoms with van der Waals surface area (Å²) < 4.78 is 0. The first-order chi connectivity index (χ1) is 10.9. The molecule has 0 saturated carbocycles. The fraction of sp³-hybridized carbons (Fsp3) is 0.636. The molecule has 0 aliphatic heterocycles. The van der Waals surface area contributed by atoms with Gasteiger partial charge in [0.05, 0.1) is 0 Å². The van der Waals surface area contributed by atoms with Crippen LogP contribution >= 0.6 is 0 Å². The molecule has 0 amide bonds. The van der Waals surface area contributed by atoms with Crippen molar-refractivity contribution < 1.29 is 0 Å². The Morgan fingerprint density at radius 2 is 0.909 bits per heavy atom. The number of hydrogen-bond donors (Lipinski definition) is 0. The summed E-state index contributed by atoms with van der Waals surface area (Å²) in [5.41, 5.74) is 6.87. The summed E-state index contributed by atoms with van der Waals surface area (Å²) in [4.78, 5) is 0. The van der Waals surface area contributed by atoms with Gasteiger partial charge in [-0.15, -0.1) is 13.2 Å². The Morgan fingerprint density at radius 3 is 1.27 bits per heavy atom. The van der Waals surface area contributed by atoms with Gasteiger partial charge in [-0.05, 0) is 75.4 Å². The number of allylic oxidation sites excluding steroid dienone is 6. The highest BCUT2D eigenvalue weighted by atomic mass is 14.2. The van der Waals surface area contributed by atoms with Gasteiger partial charge in [-0.2, -0.15) is 0 Å². The first-order valence-corrected chi connectivity index (χ1v) is 9.50. The molecule has 22 heavy (non-hydrogen) atoms. The van der Waals surface area contributed by atoms with Crippen molar-refractivity contribution in [1.82, 2.24) is 0 Å². The van der Waals surface area contributed by atoms with E-state index in [1.165, 1.54) is 77.0 Å². The molecular weight excluding hydrogens is 264 g/mol. The highest BCUT2D eigenvalue weighted by Gasteiger charge is 2.17. The number of hydrogen-bond acceptors (Lipinski definition) is 0. The molecule has 0 heteroatoms. The van der Waals surface area contributed by atoms with E-state index in [0.29, 0.717) is 0 Å². The third-order valence-corrected chi connectivity index (χ3v) is 5.31. The lowest BCUT2D eigenvalue weighted by molar-refractivity contribution is 0.584. The topological polar surface area (TPSA) is 0 Å². The maximum absolute atomic E-state index is 4.01. The van der Waals surface area contributed by atoms with Crippen molar-refractivity contribution in [3.8, 4) is 0 Å². The van der Waals surface area contributed by atoms with Gasteiger partial charge in [-0.1, -0.05) is 49.0 Å². The van der Waals surface area contributed by atoms with Crippen LogP contribution in [-0.4, -0.2) is 0 Å². The van der Waals surface area contributed by atoms with Crippen LogP contribution in [0.15, 0.2) is 47.6 Å². The SMILES string of the molecule is C=CC/C1=C(\C2=C(/CC=C)CCCCCC2)CCCCCC1. The Morgan fingerprint density at radius 1 is 0.545 bits per heavy atom. The van der Waals surface area contributed by atoms with Gasteiger partial charge in [-0.25, -0.2) is 0 Å². The van der Waals surface area contributed by atoms with Crippen molar-refractivity contribution in [2.24, 2.45) is 0 Å². The lowest BCUT2D eigenvalue weighted by atomic mass is 9.81. The summed E-state index contributed by atoms with van der Waals surface area (Å²) in [7, 11) is 0. The highest BCUT2D eigenvalue weighted by molar-refractivity contribution is 5.41. The molecule has 0 nitrogen and oxygen atoms in total. The van der Waals surface area contributed by atoms with E-state index >= 15 is 0 Å². The molecule has 0 heterocycles. The van der Waals surface area contributed by atoms with Crippen molar-refractivity contribution in [3.63, 3.8) is 0 Å². The minimum absolute atomic E-state index is 1.10. The van der Waals surface area contributed by atoms with E-state index in [4.69, 9.17) is 0 Å². The van der Waals surface area contributed by atoms with Gasteiger partial charge in [0.1, 0.15) is 0 Å². The van der Waals surface area contributed by atoms with E-state index in [1.807, 2.05) is 0 Å². The lowest BCUT2D eigenvalue weighted by Gasteiger charge is -2.25. The van der Waals surface area contributed by atoms with Crippen LogP contribution in [0.1, 0.15) is 89.9 Å². The molecule has 0 spiro atoms. The van der Waals surface area contributed by atoms with Crippen LogP contribution in [0.2, 0.25) is 0 Å². The molecule has 2 aliphatic carbocycles. The molecule has 0 saturated heterocycles. The third kappa shape index (κ3) is 5.00. The Balaban J connectivity index is 2.40. The van der Waals surface area contributed by atoms with E-state index in [9.17, 15) is 0 Å². The third-order valence-electron chi connectivity index (χ3n) is 5.31. The average molecular weight is 299 g/mol. The molecule has 0 radical (unpaired) electrons. The van der Waals surface area contributed by atoms with Crippen LogP contribution in [0.4, 0.5) is 0 Å². The summed E-state index contributed by atoms with van der Waals surface area (Å²) in [6, 6.07) is 0. The fourth-order valence-electron chi connectivity index (χ4n) is 4.17. The zero-order chi connectivity index (χ0) is 15.6. The van der Waals surface area contributed by atoms with Crippen molar-refractivity contribution in [2.75, 3.05) is 0 Å². The van der Waals surface area contributed by atoms with Gasteiger partial charge in [0.15, 0.2) is 0 Å².